The minimum atomic E-state index is -1.78. The van der Waals surface area contributed by atoms with E-state index in [4.69, 9.17) is 9.47 Å². The summed E-state index contributed by atoms with van der Waals surface area (Å²) in [5.74, 6) is -3.81. The van der Waals surface area contributed by atoms with Gasteiger partial charge in [0.1, 0.15) is 12.1 Å². The van der Waals surface area contributed by atoms with E-state index in [0.29, 0.717) is 5.56 Å². The Labute approximate surface area is 179 Å². The average Bonchev–Trinajstić information content (AvgIpc) is 3.05. The zero-order valence-electron chi connectivity index (χ0n) is 17.4. The first-order valence-corrected chi connectivity index (χ1v) is 10.2. The highest BCUT2D eigenvalue weighted by Crippen LogP contribution is 2.62. The van der Waals surface area contributed by atoms with Crippen LogP contribution < -0.4 is 0 Å². The van der Waals surface area contributed by atoms with Crippen LogP contribution in [0.2, 0.25) is 0 Å². The Morgan fingerprint density at radius 1 is 0.968 bits per heavy atom. The van der Waals surface area contributed by atoms with Gasteiger partial charge >= 0.3 is 11.9 Å². The second kappa shape index (κ2) is 6.51. The van der Waals surface area contributed by atoms with E-state index in [1.165, 1.54) is 20.8 Å². The molecule has 0 bridgehead atoms. The number of Topliss-reactive ketones (excluding diaryl/α,β-unsaturated/α-hetero) is 1. The van der Waals surface area contributed by atoms with Crippen molar-refractivity contribution in [1.29, 1.82) is 0 Å². The molecule has 7 heteroatoms. The Morgan fingerprint density at radius 2 is 1.58 bits per heavy atom. The Morgan fingerprint density at radius 3 is 2.23 bits per heavy atom. The number of esters is 2. The van der Waals surface area contributed by atoms with Crippen LogP contribution in [0.4, 0.5) is 0 Å². The lowest BCUT2D eigenvalue weighted by molar-refractivity contribution is -0.254. The second-order valence-electron chi connectivity index (χ2n) is 8.65. The maximum atomic E-state index is 13.7. The summed E-state index contributed by atoms with van der Waals surface area (Å²) < 4.78 is 11.3. The SMILES string of the molecule is CC(=O)[C@H]1[C@H](c2ccccc2)C2(C(=O)OC(C)(C)OC2=O)C2c3ccccc3C=NN21. The molecule has 0 aliphatic carbocycles. The number of carbonyl (C=O) groups is 3. The molecule has 158 valence electrons. The standard InChI is InChI=1S/C24H22N2O5/c1-14(27)19-18(15-9-5-4-6-10-15)24(21(28)30-23(2,3)31-22(24)29)20-17-12-8-7-11-16(17)13-25-26(19)20/h4-13,18-20H,1-3H3/t18-,19-,20?/m0/s1. The maximum Gasteiger partial charge on any atom is 0.330 e. The number of ketones is 1. The molecule has 3 aliphatic heterocycles. The summed E-state index contributed by atoms with van der Waals surface area (Å²) in [4.78, 5) is 40.4. The molecular formula is C24H22N2O5. The van der Waals surface area contributed by atoms with Gasteiger partial charge in [-0.25, -0.2) is 0 Å². The third-order valence-corrected chi connectivity index (χ3v) is 6.34. The van der Waals surface area contributed by atoms with E-state index >= 15 is 0 Å². The van der Waals surface area contributed by atoms with Crippen LogP contribution in [-0.2, 0) is 23.9 Å². The van der Waals surface area contributed by atoms with Gasteiger partial charge < -0.3 is 9.47 Å². The number of nitrogens with zero attached hydrogens (tertiary/aromatic N) is 2. The third kappa shape index (κ3) is 2.59. The highest BCUT2D eigenvalue weighted by atomic mass is 16.7. The van der Waals surface area contributed by atoms with Crippen LogP contribution in [0.1, 0.15) is 49.4 Å². The quantitative estimate of drug-likeness (QED) is 0.551. The minimum Gasteiger partial charge on any atom is -0.422 e. The van der Waals surface area contributed by atoms with E-state index in [1.54, 1.807) is 11.2 Å². The van der Waals surface area contributed by atoms with Crippen molar-refractivity contribution in [2.75, 3.05) is 0 Å². The van der Waals surface area contributed by atoms with Crippen LogP contribution in [0, 0.1) is 5.41 Å². The van der Waals surface area contributed by atoms with Gasteiger partial charge in [0.15, 0.2) is 5.78 Å². The van der Waals surface area contributed by atoms with Crippen molar-refractivity contribution in [1.82, 2.24) is 5.01 Å². The van der Waals surface area contributed by atoms with Gasteiger partial charge in [-0.15, -0.1) is 0 Å². The molecule has 1 spiro atoms. The number of fused-ring (bicyclic) bond motifs is 4. The van der Waals surface area contributed by atoms with Crippen molar-refractivity contribution in [2.45, 2.75) is 44.6 Å². The lowest BCUT2D eigenvalue weighted by Gasteiger charge is -2.44. The van der Waals surface area contributed by atoms with Crippen LogP contribution in [0.25, 0.3) is 0 Å². The van der Waals surface area contributed by atoms with Crippen molar-refractivity contribution >= 4 is 23.9 Å². The maximum absolute atomic E-state index is 13.7. The van der Waals surface area contributed by atoms with E-state index in [-0.39, 0.29) is 5.78 Å². The van der Waals surface area contributed by atoms with Crippen LogP contribution in [0.15, 0.2) is 59.7 Å². The van der Waals surface area contributed by atoms with E-state index in [2.05, 4.69) is 5.10 Å². The molecule has 3 heterocycles. The predicted octanol–water partition coefficient (Wildman–Crippen LogP) is 2.95. The number of ether oxygens (including phenoxy) is 2. The number of hydrazone groups is 1. The van der Waals surface area contributed by atoms with Crippen molar-refractivity contribution in [3.63, 3.8) is 0 Å². The number of hydrogen-bond donors (Lipinski definition) is 0. The number of benzene rings is 2. The lowest BCUT2D eigenvalue weighted by Crippen LogP contribution is -2.58. The molecular weight excluding hydrogens is 396 g/mol. The van der Waals surface area contributed by atoms with Gasteiger partial charge in [-0.1, -0.05) is 54.6 Å². The molecule has 2 aromatic carbocycles. The van der Waals surface area contributed by atoms with Gasteiger partial charge in [-0.05, 0) is 23.6 Å². The summed E-state index contributed by atoms with van der Waals surface area (Å²) in [5.41, 5.74) is 0.417. The number of rotatable bonds is 2. The molecule has 0 N–H and O–H groups in total. The van der Waals surface area contributed by atoms with Crippen LogP contribution in [0.3, 0.4) is 0 Å². The first kappa shape index (κ1) is 19.5. The molecule has 3 atom stereocenters. The molecule has 0 aromatic heterocycles. The Hall–Kier alpha value is -3.48. The summed E-state index contributed by atoms with van der Waals surface area (Å²) in [6.45, 7) is 4.50. The molecule has 2 fully saturated rings. The molecule has 0 saturated carbocycles. The highest BCUT2D eigenvalue weighted by Gasteiger charge is 2.74. The molecule has 0 amide bonds. The summed E-state index contributed by atoms with van der Waals surface area (Å²) in [6, 6.07) is 14.9. The summed E-state index contributed by atoms with van der Waals surface area (Å²) >= 11 is 0. The summed E-state index contributed by atoms with van der Waals surface area (Å²) in [6.07, 6.45) is 1.66. The molecule has 7 nitrogen and oxygen atoms in total. The predicted molar refractivity (Wildman–Crippen MR) is 111 cm³/mol. The van der Waals surface area contributed by atoms with Gasteiger partial charge in [-0.2, -0.15) is 5.10 Å². The van der Waals surface area contributed by atoms with Gasteiger partial charge in [-0.3, -0.25) is 19.4 Å². The van der Waals surface area contributed by atoms with Crippen molar-refractivity contribution in [2.24, 2.45) is 10.5 Å². The first-order valence-electron chi connectivity index (χ1n) is 10.2. The van der Waals surface area contributed by atoms with Crippen LogP contribution in [-0.4, -0.2) is 40.8 Å². The fourth-order valence-corrected chi connectivity index (χ4v) is 5.20. The average molecular weight is 418 g/mol. The van der Waals surface area contributed by atoms with Gasteiger partial charge in [0.2, 0.25) is 5.41 Å². The van der Waals surface area contributed by atoms with Crippen molar-refractivity contribution in [3.05, 3.63) is 71.3 Å². The largest absolute Gasteiger partial charge is 0.422 e. The second-order valence-corrected chi connectivity index (χ2v) is 8.65. The Kier molecular flexibility index (Phi) is 4.09. The smallest absolute Gasteiger partial charge is 0.330 e. The molecule has 0 radical (unpaired) electrons. The molecule has 2 saturated heterocycles. The number of carbonyl (C=O) groups excluding carboxylic acids is 3. The lowest BCUT2D eigenvalue weighted by atomic mass is 9.65. The van der Waals surface area contributed by atoms with Crippen LogP contribution >= 0.6 is 0 Å². The molecule has 3 aliphatic rings. The van der Waals surface area contributed by atoms with Crippen LogP contribution in [0.5, 0.6) is 0 Å². The van der Waals surface area contributed by atoms with Crippen molar-refractivity contribution < 1.29 is 23.9 Å². The highest BCUT2D eigenvalue weighted by molar-refractivity contribution is 6.07. The topological polar surface area (TPSA) is 85.3 Å². The summed E-state index contributed by atoms with van der Waals surface area (Å²) in [5, 5.41) is 6.12. The zero-order chi connectivity index (χ0) is 22.0. The van der Waals surface area contributed by atoms with Crippen molar-refractivity contribution in [3.8, 4) is 0 Å². The normalized spacial score (nSPS) is 27.3. The molecule has 1 unspecified atom stereocenters. The summed E-state index contributed by atoms with van der Waals surface area (Å²) in [7, 11) is 0. The molecule has 31 heavy (non-hydrogen) atoms. The first-order chi connectivity index (χ1) is 14.8. The van der Waals surface area contributed by atoms with E-state index in [9.17, 15) is 14.4 Å². The zero-order valence-corrected chi connectivity index (χ0v) is 17.4. The monoisotopic (exact) mass is 418 g/mol. The number of hydrogen-bond acceptors (Lipinski definition) is 7. The molecule has 5 rings (SSSR count). The van der Waals surface area contributed by atoms with Gasteiger partial charge in [0, 0.05) is 19.8 Å². The fourth-order valence-electron chi connectivity index (χ4n) is 5.20. The fraction of sp³-hybridized carbons (Fsp3) is 0.333. The number of cyclic esters (lactones) is 2. The third-order valence-electron chi connectivity index (χ3n) is 6.34. The minimum absolute atomic E-state index is 0.197. The van der Waals surface area contributed by atoms with E-state index in [1.807, 2.05) is 54.6 Å². The van der Waals surface area contributed by atoms with Gasteiger partial charge in [0.05, 0.1) is 6.21 Å². The Bertz CT molecular complexity index is 1100. The van der Waals surface area contributed by atoms with E-state index < -0.39 is 41.1 Å². The molecule has 2 aromatic rings. The van der Waals surface area contributed by atoms with E-state index in [0.717, 1.165) is 11.1 Å². The van der Waals surface area contributed by atoms with Gasteiger partial charge in [0.25, 0.3) is 5.79 Å². The Balaban J connectivity index is 1.83.